The Kier molecular flexibility index (Phi) is 6.81. The quantitative estimate of drug-likeness (QED) is 0.382. The lowest BCUT2D eigenvalue weighted by Gasteiger charge is -2.14. The minimum Gasteiger partial charge on any atom is -0.493 e. The van der Waals surface area contributed by atoms with Crippen molar-refractivity contribution in [2.45, 2.75) is 13.0 Å². The van der Waals surface area contributed by atoms with Crippen LogP contribution in [-0.2, 0) is 13.0 Å². The van der Waals surface area contributed by atoms with Crippen LogP contribution in [0.2, 0.25) is 0 Å². The molecule has 0 amide bonds. The van der Waals surface area contributed by atoms with Gasteiger partial charge in [0.05, 0.1) is 18.7 Å². The molecule has 0 saturated carbocycles. The summed E-state index contributed by atoms with van der Waals surface area (Å²) >= 11 is 3.53. The van der Waals surface area contributed by atoms with Gasteiger partial charge < -0.3 is 25.1 Å². The Balaban J connectivity index is 1.56. The van der Waals surface area contributed by atoms with Gasteiger partial charge in [0.15, 0.2) is 17.5 Å². The second-order valence-electron chi connectivity index (χ2n) is 6.28. The largest absolute Gasteiger partial charge is 0.493 e. The lowest BCUT2D eigenvalue weighted by Crippen LogP contribution is -2.37. The molecule has 6 nitrogen and oxygen atoms in total. The van der Waals surface area contributed by atoms with E-state index in [2.05, 4.69) is 60.9 Å². The zero-order valence-corrected chi connectivity index (χ0v) is 17.9. The number of nitrogens with zero attached hydrogens (tertiary/aromatic N) is 1. The van der Waals surface area contributed by atoms with E-state index in [1.54, 1.807) is 21.3 Å². The zero-order chi connectivity index (χ0) is 19.9. The first-order valence-corrected chi connectivity index (χ1v) is 9.85. The fraction of sp³-hybridized carbons (Fsp3) is 0.286. The van der Waals surface area contributed by atoms with Crippen molar-refractivity contribution in [2.75, 3.05) is 27.8 Å². The summed E-state index contributed by atoms with van der Waals surface area (Å²) in [7, 11) is 5.03. The lowest BCUT2D eigenvalue weighted by atomic mass is 10.1. The molecule has 0 fully saturated rings. The van der Waals surface area contributed by atoms with E-state index in [4.69, 9.17) is 9.47 Å². The summed E-state index contributed by atoms with van der Waals surface area (Å²) in [5, 5.41) is 7.96. The molecule has 1 heterocycles. The van der Waals surface area contributed by atoms with Gasteiger partial charge in [-0.1, -0.05) is 18.2 Å². The van der Waals surface area contributed by atoms with E-state index in [9.17, 15) is 0 Å². The number of halogens is 1. The van der Waals surface area contributed by atoms with Gasteiger partial charge in [0.2, 0.25) is 0 Å². The number of hydrogen-bond acceptors (Lipinski definition) is 3. The van der Waals surface area contributed by atoms with Crippen molar-refractivity contribution in [2.24, 2.45) is 4.99 Å². The summed E-state index contributed by atoms with van der Waals surface area (Å²) < 4.78 is 11.6. The molecule has 0 unspecified atom stereocenters. The Morgan fingerprint density at radius 1 is 1.14 bits per heavy atom. The fourth-order valence-electron chi connectivity index (χ4n) is 3.13. The maximum absolute atomic E-state index is 5.40. The van der Waals surface area contributed by atoms with Crippen molar-refractivity contribution in [1.82, 2.24) is 15.6 Å². The summed E-state index contributed by atoms with van der Waals surface area (Å²) in [6.07, 6.45) is 2.98. The van der Waals surface area contributed by atoms with Crippen LogP contribution in [-0.4, -0.2) is 38.8 Å². The van der Waals surface area contributed by atoms with E-state index in [0.29, 0.717) is 18.0 Å². The van der Waals surface area contributed by atoms with Crippen molar-refractivity contribution in [3.63, 3.8) is 0 Å². The molecule has 0 aliphatic heterocycles. The predicted octanol–water partition coefficient (Wildman–Crippen LogP) is 3.86. The molecule has 0 radical (unpaired) electrons. The van der Waals surface area contributed by atoms with Gasteiger partial charge in [-0.05, 0) is 51.7 Å². The van der Waals surface area contributed by atoms with Crippen molar-refractivity contribution >= 4 is 32.8 Å². The number of para-hydroxylation sites is 1. The highest BCUT2D eigenvalue weighted by Gasteiger charge is 2.11. The number of guanidine groups is 1. The number of H-pyrrole nitrogens is 1. The molecule has 3 rings (SSSR count). The van der Waals surface area contributed by atoms with E-state index in [0.717, 1.165) is 29.0 Å². The standard InChI is InChI=1S/C21H25BrN4O2/c1-23-21(24-9-8-15-13-25-18-7-5-4-6-16(15)18)26-12-14-10-17(22)20(28-3)19(11-14)27-2/h4-7,10-11,13,25H,8-9,12H2,1-3H3,(H2,23,24,26). The molecule has 7 heteroatoms. The summed E-state index contributed by atoms with van der Waals surface area (Å²) in [4.78, 5) is 7.61. The van der Waals surface area contributed by atoms with Crippen LogP contribution in [0, 0.1) is 0 Å². The van der Waals surface area contributed by atoms with Crippen LogP contribution in [0.5, 0.6) is 11.5 Å². The molecular weight excluding hydrogens is 420 g/mol. The number of nitrogens with one attached hydrogen (secondary N) is 3. The van der Waals surface area contributed by atoms with Crippen molar-refractivity contribution < 1.29 is 9.47 Å². The van der Waals surface area contributed by atoms with Gasteiger partial charge in [0.1, 0.15) is 0 Å². The molecular formula is C21H25BrN4O2. The molecule has 2 aromatic carbocycles. The van der Waals surface area contributed by atoms with Crippen LogP contribution in [0.4, 0.5) is 0 Å². The normalized spacial score (nSPS) is 11.5. The Morgan fingerprint density at radius 3 is 2.71 bits per heavy atom. The number of hydrogen-bond donors (Lipinski definition) is 3. The number of methoxy groups -OCH3 is 2. The summed E-state index contributed by atoms with van der Waals surface area (Å²) in [5.74, 6) is 2.13. The van der Waals surface area contributed by atoms with Crippen LogP contribution >= 0.6 is 15.9 Å². The summed E-state index contributed by atoms with van der Waals surface area (Å²) in [6.45, 7) is 1.41. The minimum absolute atomic E-state index is 0.617. The van der Waals surface area contributed by atoms with Crippen LogP contribution in [0.15, 0.2) is 52.1 Å². The number of aromatic amines is 1. The molecule has 28 heavy (non-hydrogen) atoms. The van der Waals surface area contributed by atoms with Crippen molar-refractivity contribution in [1.29, 1.82) is 0 Å². The molecule has 0 spiro atoms. The maximum Gasteiger partial charge on any atom is 0.191 e. The number of fused-ring (bicyclic) bond motifs is 1. The Labute approximate surface area is 173 Å². The highest BCUT2D eigenvalue weighted by atomic mass is 79.9. The number of aromatic nitrogens is 1. The second-order valence-corrected chi connectivity index (χ2v) is 7.13. The van der Waals surface area contributed by atoms with Gasteiger partial charge in [0, 0.05) is 37.2 Å². The van der Waals surface area contributed by atoms with Gasteiger partial charge in [-0.15, -0.1) is 0 Å². The van der Waals surface area contributed by atoms with Crippen LogP contribution in [0.25, 0.3) is 10.9 Å². The zero-order valence-electron chi connectivity index (χ0n) is 16.3. The third-order valence-corrected chi connectivity index (χ3v) is 5.13. The van der Waals surface area contributed by atoms with Crippen LogP contribution in [0.1, 0.15) is 11.1 Å². The van der Waals surface area contributed by atoms with Crippen LogP contribution in [0.3, 0.4) is 0 Å². The van der Waals surface area contributed by atoms with Gasteiger partial charge in [-0.3, -0.25) is 4.99 Å². The van der Waals surface area contributed by atoms with Crippen LogP contribution < -0.4 is 20.1 Å². The monoisotopic (exact) mass is 444 g/mol. The Morgan fingerprint density at radius 2 is 1.96 bits per heavy atom. The fourth-order valence-corrected chi connectivity index (χ4v) is 3.79. The molecule has 1 aromatic heterocycles. The number of ether oxygens (including phenoxy) is 2. The van der Waals surface area contributed by atoms with E-state index < -0.39 is 0 Å². The van der Waals surface area contributed by atoms with E-state index in [1.807, 2.05) is 18.2 Å². The topological polar surface area (TPSA) is 70.7 Å². The van der Waals surface area contributed by atoms with Crippen molar-refractivity contribution in [3.05, 3.63) is 58.2 Å². The molecule has 0 aliphatic rings. The third-order valence-electron chi connectivity index (χ3n) is 4.54. The predicted molar refractivity (Wildman–Crippen MR) is 117 cm³/mol. The number of rotatable bonds is 7. The lowest BCUT2D eigenvalue weighted by molar-refractivity contribution is 0.352. The third kappa shape index (κ3) is 4.59. The molecule has 3 aromatic rings. The molecule has 0 atom stereocenters. The average Bonchev–Trinajstić information content (AvgIpc) is 3.13. The van der Waals surface area contributed by atoms with E-state index >= 15 is 0 Å². The summed E-state index contributed by atoms with van der Waals surface area (Å²) in [6, 6.07) is 12.3. The first kappa shape index (κ1) is 20.1. The Hall–Kier alpha value is -2.67. The van der Waals surface area contributed by atoms with E-state index in [-0.39, 0.29) is 0 Å². The van der Waals surface area contributed by atoms with Gasteiger partial charge >= 0.3 is 0 Å². The maximum atomic E-state index is 5.40. The van der Waals surface area contributed by atoms with Gasteiger partial charge in [-0.2, -0.15) is 0 Å². The first-order valence-electron chi connectivity index (χ1n) is 9.06. The number of aliphatic imine (C=N–C) groups is 1. The van der Waals surface area contributed by atoms with Gasteiger partial charge in [-0.25, -0.2) is 0 Å². The molecule has 3 N–H and O–H groups in total. The van der Waals surface area contributed by atoms with E-state index in [1.165, 1.54) is 16.5 Å². The molecule has 0 bridgehead atoms. The van der Waals surface area contributed by atoms with Crippen molar-refractivity contribution in [3.8, 4) is 11.5 Å². The smallest absolute Gasteiger partial charge is 0.191 e. The first-order chi connectivity index (χ1) is 13.7. The molecule has 0 aliphatic carbocycles. The average molecular weight is 445 g/mol. The minimum atomic E-state index is 0.617. The molecule has 148 valence electrons. The summed E-state index contributed by atoms with van der Waals surface area (Å²) in [5.41, 5.74) is 3.52. The Bertz CT molecular complexity index is 968. The second kappa shape index (κ2) is 9.50. The highest BCUT2D eigenvalue weighted by Crippen LogP contribution is 2.36. The highest BCUT2D eigenvalue weighted by molar-refractivity contribution is 9.10. The van der Waals surface area contributed by atoms with Gasteiger partial charge in [0.25, 0.3) is 0 Å². The SMILES string of the molecule is CN=C(NCCc1c[nH]c2ccccc12)NCc1cc(Br)c(OC)c(OC)c1. The molecule has 0 saturated heterocycles. The number of benzene rings is 2.